The first-order chi connectivity index (χ1) is 7.69. The number of nitrogens with zero attached hydrogens (tertiary/aromatic N) is 2. The van der Waals surface area contributed by atoms with Crippen molar-refractivity contribution in [3.05, 3.63) is 47.2 Å². The summed E-state index contributed by atoms with van der Waals surface area (Å²) < 4.78 is 1.71. The monoisotopic (exact) mass is 234 g/mol. The molecule has 3 rings (SSSR count). The molecule has 1 N–H and O–H groups in total. The first-order valence-electron chi connectivity index (χ1n) is 5.21. The summed E-state index contributed by atoms with van der Waals surface area (Å²) in [6, 6.07) is 7.47. The van der Waals surface area contributed by atoms with Crippen LogP contribution >= 0.6 is 11.6 Å². The number of hydrogen-bond acceptors (Lipinski definition) is 2. The smallest absolute Gasteiger partial charge is 0.0899 e. The largest absolute Gasteiger partial charge is 0.385 e. The van der Waals surface area contributed by atoms with Crippen LogP contribution in [0.1, 0.15) is 18.4 Å². The molecule has 1 aromatic heterocycles. The highest BCUT2D eigenvalue weighted by molar-refractivity contribution is 6.32. The minimum absolute atomic E-state index is 0.613. The van der Waals surface area contributed by atoms with Gasteiger partial charge in [0.1, 0.15) is 0 Å². The van der Waals surface area contributed by atoms with Gasteiger partial charge in [0.15, 0.2) is 0 Å². The molecule has 16 heavy (non-hydrogen) atoms. The number of halogens is 1. The molecule has 0 bridgehead atoms. The molecule has 0 unspecified atom stereocenters. The fraction of sp³-hybridized carbons (Fsp3) is 0.250. The number of aliphatic hydroxyl groups is 1. The Morgan fingerprint density at radius 1 is 1.38 bits per heavy atom. The van der Waals surface area contributed by atoms with Crippen LogP contribution in [0, 0.1) is 0 Å². The lowest BCUT2D eigenvalue weighted by molar-refractivity contribution is 0.151. The average Bonchev–Trinajstić information content (AvgIpc) is 2.82. The zero-order valence-electron chi connectivity index (χ0n) is 8.60. The van der Waals surface area contributed by atoms with Crippen LogP contribution in [0.25, 0.3) is 5.69 Å². The fourth-order valence-corrected chi connectivity index (χ4v) is 2.07. The Bertz CT molecular complexity index is 518. The average molecular weight is 235 g/mol. The molecule has 1 aliphatic carbocycles. The van der Waals surface area contributed by atoms with E-state index in [2.05, 4.69) is 5.10 Å². The van der Waals surface area contributed by atoms with E-state index in [1.807, 2.05) is 30.5 Å². The maximum Gasteiger partial charge on any atom is 0.0899 e. The van der Waals surface area contributed by atoms with Gasteiger partial charge in [-0.15, -0.1) is 0 Å². The van der Waals surface area contributed by atoms with Crippen molar-refractivity contribution in [2.45, 2.75) is 18.4 Å². The van der Waals surface area contributed by atoms with Crippen LogP contribution < -0.4 is 0 Å². The topological polar surface area (TPSA) is 38.0 Å². The van der Waals surface area contributed by atoms with E-state index in [4.69, 9.17) is 11.6 Å². The first kappa shape index (κ1) is 9.87. The summed E-state index contributed by atoms with van der Waals surface area (Å²) in [7, 11) is 0. The van der Waals surface area contributed by atoms with E-state index < -0.39 is 5.60 Å². The van der Waals surface area contributed by atoms with Crippen molar-refractivity contribution in [2.24, 2.45) is 0 Å². The summed E-state index contributed by atoms with van der Waals surface area (Å²) >= 11 is 6.18. The molecule has 0 amide bonds. The van der Waals surface area contributed by atoms with E-state index in [1.165, 1.54) is 0 Å². The van der Waals surface area contributed by atoms with Crippen LogP contribution in [0.5, 0.6) is 0 Å². The Balaban J connectivity index is 2.04. The predicted octanol–water partition coefficient (Wildman–Crippen LogP) is 2.51. The second-order valence-corrected chi connectivity index (χ2v) is 4.56. The molecule has 1 fully saturated rings. The SMILES string of the molecule is OC1(c2ccc(-n3cccn3)c(Cl)c2)CC1. The summed E-state index contributed by atoms with van der Waals surface area (Å²) in [5, 5.41) is 14.7. The highest BCUT2D eigenvalue weighted by Crippen LogP contribution is 2.46. The maximum absolute atomic E-state index is 9.96. The van der Waals surface area contributed by atoms with Crippen LogP contribution in [0.3, 0.4) is 0 Å². The van der Waals surface area contributed by atoms with Crippen LogP contribution in [0.15, 0.2) is 36.7 Å². The van der Waals surface area contributed by atoms with Gasteiger partial charge in [-0.1, -0.05) is 17.7 Å². The van der Waals surface area contributed by atoms with Crippen molar-refractivity contribution in [2.75, 3.05) is 0 Å². The van der Waals surface area contributed by atoms with Crippen LogP contribution in [-0.2, 0) is 5.60 Å². The van der Waals surface area contributed by atoms with Gasteiger partial charge in [-0.3, -0.25) is 0 Å². The van der Waals surface area contributed by atoms with E-state index in [0.29, 0.717) is 5.02 Å². The Morgan fingerprint density at radius 3 is 2.75 bits per heavy atom. The zero-order valence-corrected chi connectivity index (χ0v) is 9.35. The van der Waals surface area contributed by atoms with Crippen molar-refractivity contribution < 1.29 is 5.11 Å². The molecule has 1 saturated carbocycles. The molecule has 0 radical (unpaired) electrons. The first-order valence-corrected chi connectivity index (χ1v) is 5.59. The van der Waals surface area contributed by atoms with Crippen molar-refractivity contribution in [3.63, 3.8) is 0 Å². The third kappa shape index (κ3) is 1.52. The summed E-state index contributed by atoms with van der Waals surface area (Å²) in [5.74, 6) is 0. The lowest BCUT2D eigenvalue weighted by Gasteiger charge is -2.11. The van der Waals surface area contributed by atoms with E-state index in [-0.39, 0.29) is 0 Å². The molecule has 0 spiro atoms. The Kier molecular flexibility index (Phi) is 2.06. The van der Waals surface area contributed by atoms with Gasteiger partial charge in [0.05, 0.1) is 16.3 Å². The van der Waals surface area contributed by atoms with Crippen molar-refractivity contribution in [1.82, 2.24) is 9.78 Å². The number of hydrogen-bond donors (Lipinski definition) is 1. The van der Waals surface area contributed by atoms with Gasteiger partial charge in [-0.25, -0.2) is 4.68 Å². The quantitative estimate of drug-likeness (QED) is 0.867. The van der Waals surface area contributed by atoms with Gasteiger partial charge in [-0.2, -0.15) is 5.10 Å². The van der Waals surface area contributed by atoms with Gasteiger partial charge < -0.3 is 5.11 Å². The molecule has 1 aliphatic rings. The second-order valence-electron chi connectivity index (χ2n) is 4.15. The molecule has 82 valence electrons. The normalized spacial score (nSPS) is 17.4. The maximum atomic E-state index is 9.96. The van der Waals surface area contributed by atoms with Gasteiger partial charge in [0.25, 0.3) is 0 Å². The summed E-state index contributed by atoms with van der Waals surface area (Å²) in [6.45, 7) is 0. The van der Waals surface area contributed by atoms with Gasteiger partial charge in [0.2, 0.25) is 0 Å². The van der Waals surface area contributed by atoms with Gasteiger partial charge in [-0.05, 0) is 36.6 Å². The van der Waals surface area contributed by atoms with Crippen LogP contribution in [-0.4, -0.2) is 14.9 Å². The van der Waals surface area contributed by atoms with Crippen molar-refractivity contribution in [1.29, 1.82) is 0 Å². The molecule has 3 nitrogen and oxygen atoms in total. The number of rotatable bonds is 2. The van der Waals surface area contributed by atoms with E-state index in [9.17, 15) is 5.11 Å². The number of benzene rings is 1. The van der Waals surface area contributed by atoms with E-state index in [1.54, 1.807) is 10.9 Å². The molecule has 0 aliphatic heterocycles. The second kappa shape index (κ2) is 3.34. The Morgan fingerprint density at radius 2 is 2.19 bits per heavy atom. The molecule has 1 aromatic carbocycles. The lowest BCUT2D eigenvalue weighted by Crippen LogP contribution is -2.05. The van der Waals surface area contributed by atoms with Gasteiger partial charge >= 0.3 is 0 Å². The Labute approximate surface area is 98.3 Å². The van der Waals surface area contributed by atoms with Crippen molar-refractivity contribution in [3.8, 4) is 5.69 Å². The molecular formula is C12H11ClN2O. The predicted molar refractivity (Wildman–Crippen MR) is 61.7 cm³/mol. The zero-order chi connectivity index (χ0) is 11.2. The lowest BCUT2D eigenvalue weighted by atomic mass is 10.1. The standard InChI is InChI=1S/C12H11ClN2O/c13-10-8-9(12(16)4-5-12)2-3-11(10)15-7-1-6-14-15/h1-3,6-8,16H,4-5H2. The minimum atomic E-state index is -0.633. The number of aromatic nitrogens is 2. The molecule has 0 atom stereocenters. The van der Waals surface area contributed by atoms with Crippen molar-refractivity contribution >= 4 is 11.6 Å². The van der Waals surface area contributed by atoms with Crippen LogP contribution in [0.4, 0.5) is 0 Å². The van der Waals surface area contributed by atoms with E-state index in [0.717, 1.165) is 24.1 Å². The minimum Gasteiger partial charge on any atom is -0.385 e. The highest BCUT2D eigenvalue weighted by atomic mass is 35.5. The summed E-state index contributed by atoms with van der Waals surface area (Å²) in [5.41, 5.74) is 1.10. The molecular weight excluding hydrogens is 224 g/mol. The fourth-order valence-electron chi connectivity index (χ4n) is 1.80. The Hall–Kier alpha value is -1.32. The molecule has 0 saturated heterocycles. The summed E-state index contributed by atoms with van der Waals surface area (Å²) in [4.78, 5) is 0. The van der Waals surface area contributed by atoms with E-state index >= 15 is 0 Å². The highest BCUT2D eigenvalue weighted by Gasteiger charge is 2.42. The van der Waals surface area contributed by atoms with Crippen LogP contribution in [0.2, 0.25) is 5.02 Å². The third-order valence-corrected chi connectivity index (χ3v) is 3.26. The molecule has 2 aromatic rings. The van der Waals surface area contributed by atoms with Gasteiger partial charge in [0, 0.05) is 12.4 Å². The summed E-state index contributed by atoms with van der Waals surface area (Å²) in [6.07, 6.45) is 5.19. The molecule has 4 heteroatoms. The third-order valence-electron chi connectivity index (χ3n) is 2.96. The molecule has 1 heterocycles.